The van der Waals surface area contributed by atoms with E-state index in [1.165, 1.54) is 31.0 Å². The van der Waals surface area contributed by atoms with Gasteiger partial charge in [-0.05, 0) is 25.0 Å². The minimum Gasteiger partial charge on any atom is -0.411 e. The predicted octanol–water partition coefficient (Wildman–Crippen LogP) is 3.67. The van der Waals surface area contributed by atoms with Crippen molar-refractivity contribution in [3.05, 3.63) is 30.3 Å². The van der Waals surface area contributed by atoms with Crippen LogP contribution in [-0.2, 0) is 4.79 Å². The highest BCUT2D eigenvalue weighted by atomic mass is 32.2. The number of rotatable bonds is 6. The van der Waals surface area contributed by atoms with Crippen LogP contribution in [-0.4, -0.2) is 27.9 Å². The lowest BCUT2D eigenvalue weighted by molar-refractivity contribution is -0.121. The predicted molar refractivity (Wildman–Crippen MR) is 90.1 cm³/mol. The molecule has 0 spiro atoms. The zero-order chi connectivity index (χ0) is 15.9. The minimum absolute atomic E-state index is 0.118. The summed E-state index contributed by atoms with van der Waals surface area (Å²) >= 11 is 1.43. The van der Waals surface area contributed by atoms with Crippen LogP contribution in [0.15, 0.2) is 40.0 Å². The molecular formula is C17H21N3O2S. The van der Waals surface area contributed by atoms with Gasteiger partial charge in [0.2, 0.25) is 11.8 Å². The van der Waals surface area contributed by atoms with Crippen LogP contribution < -0.4 is 5.32 Å². The van der Waals surface area contributed by atoms with E-state index in [1.807, 2.05) is 30.3 Å². The Bertz CT molecular complexity index is 624. The average Bonchev–Trinajstić information content (AvgIpc) is 3.05. The van der Waals surface area contributed by atoms with Crippen LogP contribution in [0, 0.1) is 0 Å². The molecule has 1 aliphatic rings. The second-order valence-corrected chi connectivity index (χ2v) is 6.79. The van der Waals surface area contributed by atoms with E-state index >= 15 is 0 Å². The molecule has 122 valence electrons. The summed E-state index contributed by atoms with van der Waals surface area (Å²) in [6, 6.07) is 10.0. The van der Waals surface area contributed by atoms with Crippen molar-refractivity contribution in [3.8, 4) is 11.5 Å². The van der Waals surface area contributed by atoms with E-state index in [4.69, 9.17) is 4.42 Å². The largest absolute Gasteiger partial charge is 0.411 e. The van der Waals surface area contributed by atoms with Crippen LogP contribution in [0.2, 0.25) is 0 Å². The summed E-state index contributed by atoms with van der Waals surface area (Å²) in [5.74, 6) is 1.28. The van der Waals surface area contributed by atoms with Crippen molar-refractivity contribution in [3.63, 3.8) is 0 Å². The lowest BCUT2D eigenvalue weighted by Gasteiger charge is -2.22. The topological polar surface area (TPSA) is 68.0 Å². The van der Waals surface area contributed by atoms with Crippen LogP contribution in [0.3, 0.4) is 0 Å². The van der Waals surface area contributed by atoms with Crippen molar-refractivity contribution in [2.24, 2.45) is 0 Å². The first-order chi connectivity index (χ1) is 11.3. The Morgan fingerprint density at radius 2 is 1.96 bits per heavy atom. The van der Waals surface area contributed by atoms with Gasteiger partial charge in [0.25, 0.3) is 5.22 Å². The maximum atomic E-state index is 11.9. The molecule has 0 unspecified atom stereocenters. The van der Waals surface area contributed by atoms with Crippen molar-refractivity contribution in [1.29, 1.82) is 0 Å². The third-order valence-electron chi connectivity index (χ3n) is 3.95. The quantitative estimate of drug-likeness (QED) is 0.818. The van der Waals surface area contributed by atoms with Gasteiger partial charge in [-0.3, -0.25) is 4.79 Å². The summed E-state index contributed by atoms with van der Waals surface area (Å²) in [6.07, 6.45) is 6.45. The van der Waals surface area contributed by atoms with E-state index in [9.17, 15) is 4.79 Å². The smallest absolute Gasteiger partial charge is 0.276 e. The molecular weight excluding hydrogens is 310 g/mol. The number of carbonyl (C=O) groups excluding carboxylic acids is 1. The molecule has 1 heterocycles. The van der Waals surface area contributed by atoms with Crippen LogP contribution in [0.25, 0.3) is 11.5 Å². The summed E-state index contributed by atoms with van der Waals surface area (Å²) in [6.45, 7) is 0. The molecule has 1 N–H and O–H groups in total. The van der Waals surface area contributed by atoms with E-state index in [0.29, 0.717) is 29.3 Å². The van der Waals surface area contributed by atoms with Crippen LogP contribution in [0.1, 0.15) is 38.5 Å². The molecule has 23 heavy (non-hydrogen) atoms. The Morgan fingerprint density at radius 3 is 2.74 bits per heavy atom. The standard InChI is InChI=1S/C17H21N3O2S/c21-15(18-14-9-5-2-6-10-14)11-12-23-17-20-19-16(22-17)13-7-3-1-4-8-13/h1,3-4,7-8,14H,2,5-6,9-12H2,(H,18,21). The lowest BCUT2D eigenvalue weighted by Crippen LogP contribution is -2.36. The Labute approximate surface area is 140 Å². The second-order valence-electron chi connectivity index (χ2n) is 5.74. The molecule has 1 fully saturated rings. The van der Waals surface area contributed by atoms with E-state index in [2.05, 4.69) is 15.5 Å². The van der Waals surface area contributed by atoms with Gasteiger partial charge >= 0.3 is 0 Å². The molecule has 0 aliphatic heterocycles. The number of aromatic nitrogens is 2. The molecule has 0 saturated heterocycles. The van der Waals surface area contributed by atoms with Crippen LogP contribution >= 0.6 is 11.8 Å². The van der Waals surface area contributed by atoms with E-state index in [-0.39, 0.29) is 5.91 Å². The molecule has 0 atom stereocenters. The van der Waals surface area contributed by atoms with Gasteiger partial charge in [0.05, 0.1) is 0 Å². The number of hydrogen-bond acceptors (Lipinski definition) is 5. The highest BCUT2D eigenvalue weighted by Crippen LogP contribution is 2.23. The fraction of sp³-hybridized carbons (Fsp3) is 0.471. The number of benzene rings is 1. The molecule has 2 aromatic rings. The van der Waals surface area contributed by atoms with E-state index in [0.717, 1.165) is 18.4 Å². The van der Waals surface area contributed by atoms with Gasteiger partial charge in [-0.1, -0.05) is 49.2 Å². The van der Waals surface area contributed by atoms with Crippen LogP contribution in [0.4, 0.5) is 0 Å². The molecule has 1 aliphatic carbocycles. The van der Waals surface area contributed by atoms with Gasteiger partial charge in [-0.2, -0.15) is 0 Å². The first kappa shape index (κ1) is 16.1. The fourth-order valence-electron chi connectivity index (χ4n) is 2.74. The molecule has 1 aromatic heterocycles. The molecule has 0 radical (unpaired) electrons. The third-order valence-corrected chi connectivity index (χ3v) is 4.77. The minimum atomic E-state index is 0.118. The summed E-state index contributed by atoms with van der Waals surface area (Å²) in [7, 11) is 0. The second kappa shape index (κ2) is 8.15. The highest BCUT2D eigenvalue weighted by Gasteiger charge is 2.16. The molecule has 0 bridgehead atoms. The van der Waals surface area contributed by atoms with Gasteiger partial charge in [-0.15, -0.1) is 10.2 Å². The van der Waals surface area contributed by atoms with Crippen molar-refractivity contribution in [2.45, 2.75) is 49.8 Å². The molecule has 3 rings (SSSR count). The first-order valence-electron chi connectivity index (χ1n) is 8.12. The molecule has 5 nitrogen and oxygen atoms in total. The number of hydrogen-bond donors (Lipinski definition) is 1. The van der Waals surface area contributed by atoms with Gasteiger partial charge in [0.15, 0.2) is 0 Å². The lowest BCUT2D eigenvalue weighted by atomic mass is 9.95. The zero-order valence-corrected chi connectivity index (χ0v) is 13.8. The van der Waals surface area contributed by atoms with E-state index in [1.54, 1.807) is 0 Å². The average molecular weight is 331 g/mol. The summed E-state index contributed by atoms with van der Waals surface area (Å²) < 4.78 is 5.61. The maximum Gasteiger partial charge on any atom is 0.276 e. The number of amides is 1. The molecule has 1 aromatic carbocycles. The van der Waals surface area contributed by atoms with Gasteiger partial charge in [0.1, 0.15) is 0 Å². The Hall–Kier alpha value is -1.82. The Kier molecular flexibility index (Phi) is 5.69. The first-order valence-corrected chi connectivity index (χ1v) is 9.11. The molecule has 1 amide bonds. The van der Waals surface area contributed by atoms with E-state index < -0.39 is 0 Å². The van der Waals surface area contributed by atoms with Crippen molar-refractivity contribution < 1.29 is 9.21 Å². The summed E-state index contributed by atoms with van der Waals surface area (Å²) in [5.41, 5.74) is 0.905. The SMILES string of the molecule is O=C(CCSc1nnc(-c2ccccc2)o1)NC1CCCCC1. The number of nitrogens with one attached hydrogen (secondary N) is 1. The van der Waals surface area contributed by atoms with Gasteiger partial charge < -0.3 is 9.73 Å². The normalized spacial score (nSPS) is 15.5. The maximum absolute atomic E-state index is 11.9. The number of carbonyl (C=O) groups is 1. The molecule has 6 heteroatoms. The number of thioether (sulfide) groups is 1. The van der Waals surface area contributed by atoms with Crippen molar-refractivity contribution >= 4 is 17.7 Å². The monoisotopic (exact) mass is 331 g/mol. The van der Waals surface area contributed by atoms with Gasteiger partial charge in [-0.25, -0.2) is 0 Å². The Morgan fingerprint density at radius 1 is 1.17 bits per heavy atom. The fourth-order valence-corrected chi connectivity index (χ4v) is 3.44. The van der Waals surface area contributed by atoms with Crippen LogP contribution in [0.5, 0.6) is 0 Å². The Balaban J connectivity index is 1.42. The number of nitrogens with zero attached hydrogens (tertiary/aromatic N) is 2. The third kappa shape index (κ3) is 4.82. The highest BCUT2D eigenvalue weighted by molar-refractivity contribution is 7.99. The van der Waals surface area contributed by atoms with Gasteiger partial charge in [0, 0.05) is 23.8 Å². The zero-order valence-electron chi connectivity index (χ0n) is 13.0. The van der Waals surface area contributed by atoms with Crippen molar-refractivity contribution in [1.82, 2.24) is 15.5 Å². The summed E-state index contributed by atoms with van der Waals surface area (Å²) in [5, 5.41) is 11.7. The molecule has 1 saturated carbocycles. The van der Waals surface area contributed by atoms with Crippen molar-refractivity contribution in [2.75, 3.05) is 5.75 Å². The summed E-state index contributed by atoms with van der Waals surface area (Å²) in [4.78, 5) is 11.9.